The third kappa shape index (κ3) is 13.2. The number of hydrogen-bond donors (Lipinski definition) is 10. The first-order chi connectivity index (χ1) is 21.2. The summed E-state index contributed by atoms with van der Waals surface area (Å²) < 4.78 is 0. The third-order valence-electron chi connectivity index (χ3n) is 6.62. The molecule has 4 amide bonds. The molecule has 14 N–H and O–H groups in total. The third-order valence-corrected chi connectivity index (χ3v) is 6.62. The lowest BCUT2D eigenvalue weighted by Crippen LogP contribution is -2.57. The molecular weight excluding hydrogens is 588 g/mol. The number of hydrogen-bond acceptors (Lipinski definition) is 9. The lowest BCUT2D eigenvalue weighted by molar-refractivity contribution is -0.142. The SMILES string of the molecule is NC(=O)CCC(N)C(=O)NC(Cc1ccc(O)cc1)C(=O)NC(CCCN=C(N)N)C(=O)NC(Cc1ccc(O)cc1)C(=O)O. The van der Waals surface area contributed by atoms with Crippen LogP contribution >= 0.6 is 0 Å². The molecule has 0 aliphatic carbocycles. The molecule has 244 valence electrons. The van der Waals surface area contributed by atoms with Crippen LogP contribution in [0.2, 0.25) is 0 Å². The van der Waals surface area contributed by atoms with Crippen molar-refractivity contribution in [3.05, 3.63) is 59.7 Å². The van der Waals surface area contributed by atoms with Crippen LogP contribution in [-0.4, -0.2) is 81.6 Å². The molecule has 0 fully saturated rings. The van der Waals surface area contributed by atoms with Crippen LogP contribution in [0.1, 0.15) is 36.8 Å². The van der Waals surface area contributed by atoms with Crippen molar-refractivity contribution in [3.63, 3.8) is 0 Å². The van der Waals surface area contributed by atoms with E-state index in [1.807, 2.05) is 0 Å². The number of carbonyl (C=O) groups is 5. The molecule has 0 radical (unpaired) electrons. The first-order valence-corrected chi connectivity index (χ1v) is 14.0. The summed E-state index contributed by atoms with van der Waals surface area (Å²) in [5.41, 5.74) is 22.8. The fraction of sp³-hybridized carbons (Fsp3) is 0.379. The molecule has 4 unspecified atom stereocenters. The van der Waals surface area contributed by atoms with Gasteiger partial charge in [0.15, 0.2) is 5.96 Å². The zero-order chi connectivity index (χ0) is 33.5. The van der Waals surface area contributed by atoms with E-state index >= 15 is 0 Å². The molecule has 0 saturated carbocycles. The van der Waals surface area contributed by atoms with Crippen molar-refractivity contribution in [2.45, 2.75) is 62.7 Å². The molecule has 0 bridgehead atoms. The van der Waals surface area contributed by atoms with E-state index in [2.05, 4.69) is 20.9 Å². The Balaban J connectivity index is 2.28. The molecular formula is C29H40N8O8. The molecule has 2 aromatic rings. The number of benzene rings is 2. The summed E-state index contributed by atoms with van der Waals surface area (Å²) in [7, 11) is 0. The van der Waals surface area contributed by atoms with E-state index < -0.39 is 53.8 Å². The van der Waals surface area contributed by atoms with Crippen molar-refractivity contribution in [3.8, 4) is 11.5 Å². The molecule has 16 nitrogen and oxygen atoms in total. The predicted molar refractivity (Wildman–Crippen MR) is 163 cm³/mol. The second-order valence-corrected chi connectivity index (χ2v) is 10.3. The average molecular weight is 629 g/mol. The Hall–Kier alpha value is -5.38. The predicted octanol–water partition coefficient (Wildman–Crippen LogP) is -1.93. The summed E-state index contributed by atoms with van der Waals surface area (Å²) in [6.45, 7) is 0.111. The van der Waals surface area contributed by atoms with Gasteiger partial charge in [0.1, 0.15) is 29.6 Å². The number of amides is 4. The zero-order valence-electron chi connectivity index (χ0n) is 24.5. The summed E-state index contributed by atoms with van der Waals surface area (Å²) in [5, 5.41) is 36.5. The second-order valence-electron chi connectivity index (χ2n) is 10.3. The maximum Gasteiger partial charge on any atom is 0.326 e. The van der Waals surface area contributed by atoms with Crippen molar-refractivity contribution >= 4 is 35.6 Å². The van der Waals surface area contributed by atoms with E-state index in [0.29, 0.717) is 11.1 Å². The number of rotatable bonds is 18. The number of phenols is 2. The quantitative estimate of drug-likeness (QED) is 0.0492. The highest BCUT2D eigenvalue weighted by Crippen LogP contribution is 2.14. The minimum atomic E-state index is -1.38. The van der Waals surface area contributed by atoms with E-state index in [9.17, 15) is 39.3 Å². The summed E-state index contributed by atoms with van der Waals surface area (Å²) in [4.78, 5) is 66.7. The van der Waals surface area contributed by atoms with Crippen LogP contribution in [0.25, 0.3) is 0 Å². The van der Waals surface area contributed by atoms with Gasteiger partial charge < -0.3 is 54.2 Å². The highest BCUT2D eigenvalue weighted by molar-refractivity contribution is 5.94. The molecule has 0 heterocycles. The van der Waals surface area contributed by atoms with Gasteiger partial charge in [0.25, 0.3) is 0 Å². The van der Waals surface area contributed by atoms with Crippen LogP contribution in [0.5, 0.6) is 11.5 Å². The highest BCUT2D eigenvalue weighted by Gasteiger charge is 2.30. The Morgan fingerprint density at radius 3 is 1.64 bits per heavy atom. The van der Waals surface area contributed by atoms with Gasteiger partial charge in [0.05, 0.1) is 6.04 Å². The lowest BCUT2D eigenvalue weighted by Gasteiger charge is -2.25. The summed E-state index contributed by atoms with van der Waals surface area (Å²) in [5.74, 6) is -4.54. The normalized spacial score (nSPS) is 13.4. The first kappa shape index (κ1) is 35.8. The van der Waals surface area contributed by atoms with E-state index in [1.54, 1.807) is 0 Å². The standard InChI is InChI=1S/C29H40N8O8/c30-20(11-12-24(31)40)25(41)36-22(14-16-3-7-18(38)8-4-16)27(43)35-21(2-1-13-34-29(32)33)26(42)37-23(28(44)45)15-17-5-9-19(39)10-6-17/h3-10,20-23,38-39H,1-2,11-15,30H2,(H2,31,40)(H,35,43)(H,36,41)(H,37,42)(H,44,45)(H4,32,33,34). The molecule has 16 heteroatoms. The van der Waals surface area contributed by atoms with Gasteiger partial charge >= 0.3 is 5.97 Å². The Labute approximate surface area is 259 Å². The summed E-state index contributed by atoms with van der Waals surface area (Å²) in [6.07, 6.45) is -0.185. The monoisotopic (exact) mass is 628 g/mol. The van der Waals surface area contributed by atoms with E-state index in [4.69, 9.17) is 22.9 Å². The number of nitrogens with one attached hydrogen (secondary N) is 3. The number of aliphatic carboxylic acids is 1. The van der Waals surface area contributed by atoms with Gasteiger partial charge in [-0.2, -0.15) is 0 Å². The van der Waals surface area contributed by atoms with Crippen LogP contribution < -0.4 is 38.9 Å². The number of guanidine groups is 1. The smallest absolute Gasteiger partial charge is 0.326 e. The van der Waals surface area contributed by atoms with Gasteiger partial charge in [-0.3, -0.25) is 24.2 Å². The van der Waals surface area contributed by atoms with Crippen molar-refractivity contribution < 1.29 is 39.3 Å². The lowest BCUT2D eigenvalue weighted by atomic mass is 10.0. The Morgan fingerprint density at radius 1 is 0.689 bits per heavy atom. The summed E-state index contributed by atoms with van der Waals surface area (Å²) >= 11 is 0. The molecule has 0 aromatic heterocycles. The number of carboxylic acid groups (broad SMARTS) is 1. The molecule has 45 heavy (non-hydrogen) atoms. The van der Waals surface area contributed by atoms with Gasteiger partial charge in [-0.05, 0) is 54.7 Å². The number of nitrogens with two attached hydrogens (primary N) is 4. The Morgan fingerprint density at radius 2 is 1.16 bits per heavy atom. The topological polar surface area (TPSA) is 299 Å². The van der Waals surface area contributed by atoms with Crippen LogP contribution in [0.4, 0.5) is 0 Å². The molecule has 2 aromatic carbocycles. The van der Waals surface area contributed by atoms with Crippen LogP contribution in [-0.2, 0) is 36.8 Å². The van der Waals surface area contributed by atoms with E-state index in [-0.39, 0.29) is 62.5 Å². The minimum absolute atomic E-state index is 0.00208. The van der Waals surface area contributed by atoms with Crippen LogP contribution in [0, 0.1) is 0 Å². The average Bonchev–Trinajstić information content (AvgIpc) is 2.98. The first-order valence-electron chi connectivity index (χ1n) is 14.0. The van der Waals surface area contributed by atoms with Crippen molar-refractivity contribution in [1.29, 1.82) is 0 Å². The molecule has 2 rings (SSSR count). The van der Waals surface area contributed by atoms with E-state index in [1.165, 1.54) is 48.5 Å². The zero-order valence-corrected chi connectivity index (χ0v) is 24.5. The second kappa shape index (κ2) is 17.7. The maximum absolute atomic E-state index is 13.6. The van der Waals surface area contributed by atoms with Crippen molar-refractivity contribution in [2.75, 3.05) is 6.54 Å². The van der Waals surface area contributed by atoms with Crippen molar-refractivity contribution in [2.24, 2.45) is 27.9 Å². The van der Waals surface area contributed by atoms with Gasteiger partial charge in [0, 0.05) is 25.8 Å². The van der Waals surface area contributed by atoms with Gasteiger partial charge in [-0.1, -0.05) is 24.3 Å². The fourth-order valence-corrected chi connectivity index (χ4v) is 4.17. The molecule has 0 spiro atoms. The highest BCUT2D eigenvalue weighted by atomic mass is 16.4. The number of aliphatic imine (C=N–C) groups is 1. The molecule has 4 atom stereocenters. The van der Waals surface area contributed by atoms with Gasteiger partial charge in [0.2, 0.25) is 23.6 Å². The fourth-order valence-electron chi connectivity index (χ4n) is 4.17. The summed E-state index contributed by atoms with van der Waals surface area (Å²) in [6, 6.07) is 6.57. The van der Waals surface area contributed by atoms with Crippen LogP contribution in [0.3, 0.4) is 0 Å². The maximum atomic E-state index is 13.6. The molecule has 0 aliphatic rings. The number of phenolic OH excluding ortho intramolecular Hbond substituents is 2. The number of carboxylic acids is 1. The largest absolute Gasteiger partial charge is 0.508 e. The van der Waals surface area contributed by atoms with Gasteiger partial charge in [-0.15, -0.1) is 0 Å². The number of aromatic hydroxyl groups is 2. The van der Waals surface area contributed by atoms with E-state index in [0.717, 1.165) is 0 Å². The van der Waals surface area contributed by atoms with Crippen molar-refractivity contribution in [1.82, 2.24) is 16.0 Å². The Bertz CT molecular complexity index is 1350. The molecule has 0 saturated heterocycles. The van der Waals surface area contributed by atoms with Gasteiger partial charge in [-0.25, -0.2) is 4.79 Å². The Kier molecular flexibility index (Phi) is 14.1. The molecule has 0 aliphatic heterocycles. The number of primary amides is 1. The minimum Gasteiger partial charge on any atom is -0.508 e. The number of nitrogens with zero attached hydrogens (tertiary/aromatic N) is 1. The number of carbonyl (C=O) groups excluding carboxylic acids is 4. The van der Waals surface area contributed by atoms with Crippen LogP contribution in [0.15, 0.2) is 53.5 Å².